The van der Waals surface area contributed by atoms with Crippen molar-refractivity contribution in [1.29, 1.82) is 0 Å². The fourth-order valence-electron chi connectivity index (χ4n) is 3.60. The highest BCUT2D eigenvalue weighted by atomic mass is 16.5. The fourth-order valence-corrected chi connectivity index (χ4v) is 3.60. The predicted octanol–water partition coefficient (Wildman–Crippen LogP) is 3.60. The van der Waals surface area contributed by atoms with Crippen LogP contribution in [0.25, 0.3) is 0 Å². The van der Waals surface area contributed by atoms with E-state index in [0.29, 0.717) is 11.6 Å². The number of aryl methyl sites for hydroxylation is 1. The summed E-state index contributed by atoms with van der Waals surface area (Å²) in [6, 6.07) is 7.00. The van der Waals surface area contributed by atoms with Crippen LogP contribution in [0.3, 0.4) is 0 Å². The van der Waals surface area contributed by atoms with Crippen molar-refractivity contribution in [2.24, 2.45) is 11.8 Å². The predicted molar refractivity (Wildman–Crippen MR) is 95.7 cm³/mol. The lowest BCUT2D eigenvalue weighted by Gasteiger charge is -2.35. The standard InChI is InChI=1S/C20H26N2O3/c1-12-4-8-15(9-5-12)18-17(14(3)21-20(24)22-18)19(23)25-16-10-6-13(2)7-11-16/h4-5,8-9,13,16-18H,3,6-7,10-11H2,1-2H3,(H2,21,22,24). The van der Waals surface area contributed by atoms with Gasteiger partial charge in [0, 0.05) is 5.70 Å². The Kier molecular flexibility index (Phi) is 5.11. The summed E-state index contributed by atoms with van der Waals surface area (Å²) in [5, 5.41) is 5.47. The first-order valence-electron chi connectivity index (χ1n) is 8.97. The molecular formula is C20H26N2O3. The summed E-state index contributed by atoms with van der Waals surface area (Å²) in [6.45, 7) is 8.12. The van der Waals surface area contributed by atoms with E-state index in [-0.39, 0.29) is 18.1 Å². The molecule has 0 radical (unpaired) electrons. The SMILES string of the molecule is C=C1NC(=O)NC(c2ccc(C)cc2)C1C(=O)OC1CCC(C)CC1. The number of amides is 2. The Morgan fingerprint density at radius 2 is 1.80 bits per heavy atom. The van der Waals surface area contributed by atoms with Crippen molar-refractivity contribution in [2.45, 2.75) is 51.7 Å². The Morgan fingerprint density at radius 3 is 2.44 bits per heavy atom. The average Bonchev–Trinajstić information content (AvgIpc) is 2.57. The Balaban J connectivity index is 1.77. The molecule has 2 N–H and O–H groups in total. The largest absolute Gasteiger partial charge is 0.462 e. The molecule has 0 aromatic heterocycles. The third-order valence-corrected chi connectivity index (χ3v) is 5.21. The molecule has 1 aromatic rings. The number of urea groups is 1. The van der Waals surface area contributed by atoms with Crippen molar-refractivity contribution < 1.29 is 14.3 Å². The zero-order valence-corrected chi connectivity index (χ0v) is 14.9. The molecule has 0 spiro atoms. The quantitative estimate of drug-likeness (QED) is 0.825. The smallest absolute Gasteiger partial charge is 0.319 e. The molecule has 2 unspecified atom stereocenters. The van der Waals surface area contributed by atoms with Gasteiger partial charge in [0.15, 0.2) is 0 Å². The first kappa shape index (κ1) is 17.5. The van der Waals surface area contributed by atoms with E-state index >= 15 is 0 Å². The molecule has 25 heavy (non-hydrogen) atoms. The van der Waals surface area contributed by atoms with Gasteiger partial charge in [-0.25, -0.2) is 4.79 Å². The number of hydrogen-bond acceptors (Lipinski definition) is 3. The van der Waals surface area contributed by atoms with Gasteiger partial charge in [0.1, 0.15) is 12.0 Å². The topological polar surface area (TPSA) is 67.4 Å². The molecule has 2 amide bonds. The van der Waals surface area contributed by atoms with Gasteiger partial charge in [0.25, 0.3) is 0 Å². The van der Waals surface area contributed by atoms with Gasteiger partial charge in [0.05, 0.1) is 6.04 Å². The first-order chi connectivity index (χ1) is 11.9. The summed E-state index contributed by atoms with van der Waals surface area (Å²) in [5.74, 6) is -0.247. The van der Waals surface area contributed by atoms with Crippen LogP contribution in [0.4, 0.5) is 4.79 Å². The summed E-state index contributed by atoms with van der Waals surface area (Å²) in [5.41, 5.74) is 2.39. The van der Waals surface area contributed by atoms with E-state index < -0.39 is 12.0 Å². The van der Waals surface area contributed by atoms with Crippen molar-refractivity contribution in [3.63, 3.8) is 0 Å². The Bertz CT molecular complexity index is 660. The van der Waals surface area contributed by atoms with E-state index in [4.69, 9.17) is 4.74 Å². The summed E-state index contributed by atoms with van der Waals surface area (Å²) in [4.78, 5) is 24.7. The van der Waals surface area contributed by atoms with E-state index in [2.05, 4.69) is 24.1 Å². The second-order valence-corrected chi connectivity index (χ2v) is 7.31. The van der Waals surface area contributed by atoms with Crippen LogP contribution < -0.4 is 10.6 Å². The molecule has 3 rings (SSSR count). The molecular weight excluding hydrogens is 316 g/mol. The molecule has 2 atom stereocenters. The third kappa shape index (κ3) is 4.03. The van der Waals surface area contributed by atoms with Crippen molar-refractivity contribution in [2.75, 3.05) is 0 Å². The van der Waals surface area contributed by atoms with E-state index in [9.17, 15) is 9.59 Å². The third-order valence-electron chi connectivity index (χ3n) is 5.21. The first-order valence-corrected chi connectivity index (χ1v) is 8.97. The van der Waals surface area contributed by atoms with E-state index in [1.807, 2.05) is 31.2 Å². The lowest BCUT2D eigenvalue weighted by molar-refractivity contribution is -0.155. The highest BCUT2D eigenvalue weighted by Crippen LogP contribution is 2.32. The average molecular weight is 342 g/mol. The zero-order chi connectivity index (χ0) is 18.0. The highest BCUT2D eigenvalue weighted by Gasteiger charge is 2.40. The van der Waals surface area contributed by atoms with Gasteiger partial charge in [-0.3, -0.25) is 4.79 Å². The number of esters is 1. The van der Waals surface area contributed by atoms with E-state index in [1.165, 1.54) is 0 Å². The second-order valence-electron chi connectivity index (χ2n) is 7.31. The van der Waals surface area contributed by atoms with Crippen molar-refractivity contribution in [1.82, 2.24) is 10.6 Å². The summed E-state index contributed by atoms with van der Waals surface area (Å²) in [6.07, 6.45) is 3.94. The molecule has 2 fully saturated rings. The lowest BCUT2D eigenvalue weighted by Crippen LogP contribution is -2.51. The Hall–Kier alpha value is -2.30. The minimum absolute atomic E-state index is 0.0344. The molecule has 5 heteroatoms. The molecule has 1 saturated heterocycles. The number of rotatable bonds is 3. The van der Waals surface area contributed by atoms with Crippen LogP contribution >= 0.6 is 0 Å². The van der Waals surface area contributed by atoms with Gasteiger partial charge in [-0.15, -0.1) is 0 Å². The maximum Gasteiger partial charge on any atom is 0.319 e. The van der Waals surface area contributed by atoms with Crippen LogP contribution in [0.5, 0.6) is 0 Å². The van der Waals surface area contributed by atoms with Crippen molar-refractivity contribution in [3.8, 4) is 0 Å². The van der Waals surface area contributed by atoms with Gasteiger partial charge >= 0.3 is 12.0 Å². The second kappa shape index (κ2) is 7.30. The maximum atomic E-state index is 12.8. The maximum absolute atomic E-state index is 12.8. The molecule has 2 aliphatic rings. The van der Waals surface area contributed by atoms with E-state index in [0.717, 1.165) is 36.8 Å². The van der Waals surface area contributed by atoms with Crippen LogP contribution in [0, 0.1) is 18.8 Å². The van der Waals surface area contributed by atoms with Gasteiger partial charge in [-0.05, 0) is 44.1 Å². The summed E-state index contributed by atoms with van der Waals surface area (Å²) >= 11 is 0. The monoisotopic (exact) mass is 342 g/mol. The lowest BCUT2D eigenvalue weighted by atomic mass is 9.87. The fraction of sp³-hybridized carbons (Fsp3) is 0.500. The minimum Gasteiger partial charge on any atom is -0.462 e. The van der Waals surface area contributed by atoms with Crippen LogP contribution in [-0.4, -0.2) is 18.1 Å². The molecule has 1 aliphatic heterocycles. The van der Waals surface area contributed by atoms with Crippen LogP contribution in [0.2, 0.25) is 0 Å². The van der Waals surface area contributed by atoms with E-state index in [1.54, 1.807) is 0 Å². The summed E-state index contributed by atoms with van der Waals surface area (Å²) < 4.78 is 5.77. The highest BCUT2D eigenvalue weighted by molar-refractivity contribution is 5.85. The van der Waals surface area contributed by atoms with Gasteiger partial charge in [-0.2, -0.15) is 0 Å². The molecule has 1 aliphatic carbocycles. The molecule has 1 heterocycles. The summed E-state index contributed by atoms with van der Waals surface area (Å²) in [7, 11) is 0. The van der Waals surface area contributed by atoms with Crippen LogP contribution in [-0.2, 0) is 9.53 Å². The molecule has 0 bridgehead atoms. The minimum atomic E-state index is -0.625. The Labute approximate surface area is 148 Å². The number of hydrogen-bond donors (Lipinski definition) is 2. The van der Waals surface area contributed by atoms with Gasteiger partial charge in [0.2, 0.25) is 0 Å². The number of nitrogens with one attached hydrogen (secondary N) is 2. The Morgan fingerprint density at radius 1 is 1.16 bits per heavy atom. The molecule has 134 valence electrons. The number of ether oxygens (including phenoxy) is 1. The van der Waals surface area contributed by atoms with Crippen LogP contribution in [0.1, 0.15) is 49.8 Å². The van der Waals surface area contributed by atoms with Crippen molar-refractivity contribution >= 4 is 12.0 Å². The zero-order valence-electron chi connectivity index (χ0n) is 14.9. The normalized spacial score (nSPS) is 29.5. The number of benzene rings is 1. The van der Waals surface area contributed by atoms with Gasteiger partial charge in [-0.1, -0.05) is 43.3 Å². The number of carbonyl (C=O) groups excluding carboxylic acids is 2. The molecule has 1 aromatic carbocycles. The van der Waals surface area contributed by atoms with Gasteiger partial charge < -0.3 is 15.4 Å². The molecule has 5 nitrogen and oxygen atoms in total. The van der Waals surface area contributed by atoms with Crippen molar-refractivity contribution in [3.05, 3.63) is 47.7 Å². The molecule has 1 saturated carbocycles. The number of carbonyl (C=O) groups is 2. The van der Waals surface area contributed by atoms with Crippen LogP contribution in [0.15, 0.2) is 36.5 Å².